The number of nitrogens with zero attached hydrogens (tertiary/aromatic N) is 5. The lowest BCUT2D eigenvalue weighted by Gasteiger charge is -2.35. The fraction of sp³-hybridized carbons (Fsp3) is 0.263. The van der Waals surface area contributed by atoms with Crippen molar-refractivity contribution in [3.05, 3.63) is 64.2 Å². The third-order valence-electron chi connectivity index (χ3n) is 4.91. The number of aromatic nitrogens is 3. The molecule has 9 heteroatoms. The number of rotatable bonds is 3. The predicted molar refractivity (Wildman–Crippen MR) is 103 cm³/mol. The van der Waals surface area contributed by atoms with Crippen molar-refractivity contribution in [3.63, 3.8) is 0 Å². The summed E-state index contributed by atoms with van der Waals surface area (Å²) in [5.41, 5.74) is 6.59. The molecule has 1 fully saturated rings. The molecule has 0 saturated carbocycles. The molecule has 28 heavy (non-hydrogen) atoms. The van der Waals surface area contributed by atoms with Crippen LogP contribution in [0.2, 0.25) is 0 Å². The minimum atomic E-state index is -0.778. The van der Waals surface area contributed by atoms with Gasteiger partial charge in [-0.25, -0.2) is 9.78 Å². The van der Waals surface area contributed by atoms with Crippen molar-refractivity contribution in [1.82, 2.24) is 19.6 Å². The van der Waals surface area contributed by atoms with Crippen molar-refractivity contribution in [2.75, 3.05) is 31.1 Å². The number of carbonyl (C=O) groups is 1. The van der Waals surface area contributed by atoms with Crippen molar-refractivity contribution < 1.29 is 10.0 Å². The molecule has 0 atom stereocenters. The predicted octanol–water partition coefficient (Wildman–Crippen LogP) is 0.450. The van der Waals surface area contributed by atoms with Gasteiger partial charge in [-0.2, -0.15) is 4.98 Å². The van der Waals surface area contributed by atoms with Gasteiger partial charge in [-0.3, -0.25) is 4.79 Å². The van der Waals surface area contributed by atoms with E-state index in [1.165, 1.54) is 6.20 Å². The van der Waals surface area contributed by atoms with Gasteiger partial charge in [0.1, 0.15) is 5.82 Å². The Bertz CT molecular complexity index is 1070. The van der Waals surface area contributed by atoms with Crippen LogP contribution < -0.4 is 16.3 Å². The normalized spacial score (nSPS) is 14.5. The highest BCUT2D eigenvalue weighted by molar-refractivity contribution is 5.94. The maximum absolute atomic E-state index is 12.7. The van der Waals surface area contributed by atoms with Crippen molar-refractivity contribution >= 4 is 22.8 Å². The Hall–Kier alpha value is -3.46. The second-order valence-electron chi connectivity index (χ2n) is 6.58. The van der Waals surface area contributed by atoms with Gasteiger partial charge in [-0.05, 0) is 29.8 Å². The topological polar surface area (TPSA) is 118 Å². The first-order valence-electron chi connectivity index (χ1n) is 8.99. The molecule has 2 aromatic heterocycles. The fourth-order valence-electron chi connectivity index (χ4n) is 3.36. The lowest BCUT2D eigenvalue weighted by atomic mass is 10.1. The standard InChI is InChI=1S/C19H20N6O3/c20-12-13-3-5-14(6-4-13)18(26)24-10-8-23(9-11-24)17-15-2-1-7-21-16(15)25(28)19(27)22-17/h1-7,28H,8-12,20H2. The van der Waals surface area contributed by atoms with Crippen LogP contribution in [0.5, 0.6) is 0 Å². The largest absolute Gasteiger partial charge is 0.422 e. The van der Waals surface area contributed by atoms with Gasteiger partial charge in [0.15, 0.2) is 5.65 Å². The van der Waals surface area contributed by atoms with Crippen molar-refractivity contribution in [3.8, 4) is 0 Å². The van der Waals surface area contributed by atoms with Gasteiger partial charge in [0.2, 0.25) is 0 Å². The smallest absolute Gasteiger partial charge is 0.384 e. The van der Waals surface area contributed by atoms with Crippen LogP contribution in [-0.2, 0) is 6.54 Å². The van der Waals surface area contributed by atoms with E-state index in [0.717, 1.165) is 5.56 Å². The first kappa shape index (κ1) is 17.9. The van der Waals surface area contributed by atoms with E-state index in [1.807, 2.05) is 17.0 Å². The average Bonchev–Trinajstić information content (AvgIpc) is 2.76. The van der Waals surface area contributed by atoms with Crippen LogP contribution >= 0.6 is 0 Å². The van der Waals surface area contributed by atoms with E-state index >= 15 is 0 Å². The Morgan fingerprint density at radius 3 is 2.50 bits per heavy atom. The van der Waals surface area contributed by atoms with Gasteiger partial charge in [0, 0.05) is 44.5 Å². The van der Waals surface area contributed by atoms with Crippen molar-refractivity contribution in [1.29, 1.82) is 0 Å². The summed E-state index contributed by atoms with van der Waals surface area (Å²) >= 11 is 0. The molecular weight excluding hydrogens is 360 g/mol. The minimum Gasteiger partial charge on any atom is -0.422 e. The molecule has 3 heterocycles. The molecule has 0 unspecified atom stereocenters. The van der Waals surface area contributed by atoms with Crippen LogP contribution in [0.25, 0.3) is 11.0 Å². The molecule has 1 amide bonds. The van der Waals surface area contributed by atoms with Gasteiger partial charge in [-0.1, -0.05) is 12.1 Å². The molecule has 3 aromatic rings. The third-order valence-corrected chi connectivity index (χ3v) is 4.91. The zero-order chi connectivity index (χ0) is 19.7. The Morgan fingerprint density at radius 2 is 1.82 bits per heavy atom. The molecule has 0 aliphatic carbocycles. The minimum absolute atomic E-state index is 0.0338. The van der Waals surface area contributed by atoms with E-state index in [4.69, 9.17) is 5.73 Å². The highest BCUT2D eigenvalue weighted by Gasteiger charge is 2.25. The molecule has 0 bridgehead atoms. The molecule has 0 spiro atoms. The molecule has 1 saturated heterocycles. The van der Waals surface area contributed by atoms with Crippen LogP contribution in [0.3, 0.4) is 0 Å². The van der Waals surface area contributed by atoms with E-state index in [1.54, 1.807) is 29.2 Å². The number of anilines is 1. The Kier molecular flexibility index (Phi) is 4.66. The zero-order valence-corrected chi connectivity index (χ0v) is 15.2. The van der Waals surface area contributed by atoms with Crippen LogP contribution in [0.15, 0.2) is 47.4 Å². The lowest BCUT2D eigenvalue weighted by molar-refractivity contribution is 0.0746. The number of fused-ring (bicyclic) bond motifs is 1. The fourth-order valence-corrected chi connectivity index (χ4v) is 3.36. The van der Waals surface area contributed by atoms with Crippen LogP contribution in [0.1, 0.15) is 15.9 Å². The lowest BCUT2D eigenvalue weighted by Crippen LogP contribution is -2.49. The summed E-state index contributed by atoms with van der Waals surface area (Å²) in [5.74, 6) is 0.436. The maximum Gasteiger partial charge on any atom is 0.384 e. The van der Waals surface area contributed by atoms with Gasteiger partial charge in [0.05, 0.1) is 5.39 Å². The second kappa shape index (κ2) is 7.28. The summed E-state index contributed by atoms with van der Waals surface area (Å²) in [4.78, 5) is 36.5. The van der Waals surface area contributed by atoms with E-state index in [0.29, 0.717) is 54.2 Å². The van der Waals surface area contributed by atoms with E-state index < -0.39 is 5.69 Å². The van der Waals surface area contributed by atoms with E-state index in [2.05, 4.69) is 9.97 Å². The summed E-state index contributed by atoms with van der Waals surface area (Å²) in [6, 6.07) is 10.8. The summed E-state index contributed by atoms with van der Waals surface area (Å²) in [6.45, 7) is 2.50. The van der Waals surface area contributed by atoms with Crippen molar-refractivity contribution in [2.24, 2.45) is 5.73 Å². The highest BCUT2D eigenvalue weighted by atomic mass is 16.5. The monoisotopic (exact) mass is 380 g/mol. The Balaban J connectivity index is 1.53. The molecule has 9 nitrogen and oxygen atoms in total. The number of benzene rings is 1. The number of carbonyl (C=O) groups excluding carboxylic acids is 1. The van der Waals surface area contributed by atoms with Gasteiger partial charge < -0.3 is 20.7 Å². The van der Waals surface area contributed by atoms with Crippen LogP contribution in [0, 0.1) is 0 Å². The second-order valence-corrected chi connectivity index (χ2v) is 6.58. The number of nitrogens with two attached hydrogens (primary N) is 1. The van der Waals surface area contributed by atoms with Gasteiger partial charge >= 0.3 is 5.69 Å². The maximum atomic E-state index is 12.7. The molecule has 0 radical (unpaired) electrons. The number of hydrogen-bond acceptors (Lipinski definition) is 7. The third kappa shape index (κ3) is 3.16. The molecule has 1 aromatic carbocycles. The average molecular weight is 380 g/mol. The summed E-state index contributed by atoms with van der Waals surface area (Å²) < 4.78 is 0.448. The van der Waals surface area contributed by atoms with Crippen molar-refractivity contribution in [2.45, 2.75) is 6.54 Å². The summed E-state index contributed by atoms with van der Waals surface area (Å²) in [6.07, 6.45) is 1.50. The zero-order valence-electron chi connectivity index (χ0n) is 15.2. The molecule has 1 aliphatic rings. The molecule has 3 N–H and O–H groups in total. The Labute approximate surface area is 160 Å². The number of hydrogen-bond donors (Lipinski definition) is 2. The molecule has 144 valence electrons. The molecule has 1 aliphatic heterocycles. The number of piperazine rings is 1. The van der Waals surface area contributed by atoms with Gasteiger partial charge in [-0.15, -0.1) is 4.73 Å². The summed E-state index contributed by atoms with van der Waals surface area (Å²) in [5, 5.41) is 10.4. The highest BCUT2D eigenvalue weighted by Crippen LogP contribution is 2.22. The number of pyridine rings is 1. The molecular formula is C19H20N6O3. The van der Waals surface area contributed by atoms with Crippen LogP contribution in [0.4, 0.5) is 5.82 Å². The SMILES string of the molecule is NCc1ccc(C(=O)N2CCN(c3nc(=O)n(O)c4ncccc34)CC2)cc1. The number of amides is 1. The molecule has 4 rings (SSSR count). The van der Waals surface area contributed by atoms with Crippen LogP contribution in [-0.4, -0.2) is 56.9 Å². The Morgan fingerprint density at radius 1 is 1.11 bits per heavy atom. The van der Waals surface area contributed by atoms with Gasteiger partial charge in [0.25, 0.3) is 5.91 Å². The quantitative estimate of drug-likeness (QED) is 0.634. The van der Waals surface area contributed by atoms with E-state index in [-0.39, 0.29) is 11.6 Å². The summed E-state index contributed by atoms with van der Waals surface area (Å²) in [7, 11) is 0. The first-order chi connectivity index (χ1) is 13.6. The van der Waals surface area contributed by atoms with E-state index in [9.17, 15) is 14.8 Å². The first-order valence-corrected chi connectivity index (χ1v) is 8.99.